The highest BCUT2D eigenvalue weighted by Gasteiger charge is 2.22. The molecule has 8 nitrogen and oxygen atoms in total. The topological polar surface area (TPSA) is 99.8 Å². The van der Waals surface area contributed by atoms with Crippen molar-refractivity contribution in [1.82, 2.24) is 20.3 Å². The van der Waals surface area contributed by atoms with Crippen molar-refractivity contribution in [1.29, 1.82) is 0 Å². The van der Waals surface area contributed by atoms with Gasteiger partial charge in [0.2, 0.25) is 10.0 Å². The summed E-state index contributed by atoms with van der Waals surface area (Å²) in [6.07, 6.45) is 0.849. The van der Waals surface area contributed by atoms with Crippen LogP contribution in [-0.2, 0) is 10.0 Å². The van der Waals surface area contributed by atoms with Gasteiger partial charge >= 0.3 is 0 Å². The summed E-state index contributed by atoms with van der Waals surface area (Å²) in [7, 11) is -2.36. The highest BCUT2D eigenvalue weighted by atomic mass is 35.5. The minimum Gasteiger partial charge on any atom is -0.495 e. The fourth-order valence-electron chi connectivity index (χ4n) is 2.94. The summed E-state index contributed by atoms with van der Waals surface area (Å²) in [6, 6.07) is 4.17. The molecule has 1 aromatic carbocycles. The van der Waals surface area contributed by atoms with Gasteiger partial charge < -0.3 is 20.3 Å². The lowest BCUT2D eigenvalue weighted by molar-refractivity contribution is 0.0951. The molecule has 0 atom stereocenters. The molecule has 0 saturated carbocycles. The van der Waals surface area contributed by atoms with Crippen LogP contribution in [0.4, 0.5) is 0 Å². The van der Waals surface area contributed by atoms with E-state index in [2.05, 4.69) is 20.3 Å². The van der Waals surface area contributed by atoms with Crippen LogP contribution >= 0.6 is 12.4 Å². The Morgan fingerprint density at radius 2 is 1.96 bits per heavy atom. The highest BCUT2D eigenvalue weighted by Crippen LogP contribution is 2.25. The molecule has 0 aliphatic carbocycles. The first-order valence-electron chi connectivity index (χ1n) is 9.25. The van der Waals surface area contributed by atoms with Gasteiger partial charge in [0.25, 0.3) is 5.91 Å². The molecule has 0 aromatic heterocycles. The molecule has 0 bridgehead atoms. The molecule has 1 amide bonds. The molecule has 1 saturated heterocycles. The fourth-order valence-corrected chi connectivity index (χ4v) is 4.39. The molecule has 1 fully saturated rings. The fraction of sp³-hybridized carbons (Fsp3) is 0.611. The van der Waals surface area contributed by atoms with E-state index in [0.717, 1.165) is 39.1 Å². The lowest BCUT2D eigenvalue weighted by Crippen LogP contribution is -2.44. The lowest BCUT2D eigenvalue weighted by atomic mass is 10.2. The average Bonchev–Trinajstić information content (AvgIpc) is 2.64. The lowest BCUT2D eigenvalue weighted by Gasteiger charge is -2.27. The van der Waals surface area contributed by atoms with E-state index in [4.69, 9.17) is 4.74 Å². The number of sulfonamides is 1. The van der Waals surface area contributed by atoms with E-state index in [1.807, 2.05) is 0 Å². The number of carbonyl (C=O) groups is 1. The molecule has 28 heavy (non-hydrogen) atoms. The maximum Gasteiger partial charge on any atom is 0.251 e. The van der Waals surface area contributed by atoms with Crippen molar-refractivity contribution in [2.24, 2.45) is 0 Å². The third-order valence-corrected chi connectivity index (χ3v) is 5.93. The number of rotatable bonds is 9. The number of benzene rings is 1. The zero-order valence-corrected chi connectivity index (χ0v) is 18.3. The van der Waals surface area contributed by atoms with Gasteiger partial charge in [-0.1, -0.05) is 0 Å². The van der Waals surface area contributed by atoms with Crippen LogP contribution in [0.25, 0.3) is 0 Å². The van der Waals surface area contributed by atoms with E-state index >= 15 is 0 Å². The molecule has 160 valence electrons. The van der Waals surface area contributed by atoms with Crippen LogP contribution in [0.1, 0.15) is 30.6 Å². The van der Waals surface area contributed by atoms with Gasteiger partial charge in [0.05, 0.1) is 7.11 Å². The molecular formula is C18H31ClN4O4S. The molecule has 2 rings (SSSR count). The number of hydrogen-bond donors (Lipinski definition) is 3. The number of nitrogens with zero attached hydrogens (tertiary/aromatic N) is 1. The SMILES string of the molecule is COc1ccc(C(=O)NCCCN2CCNCC2)cc1S(=O)(=O)NC(C)C.Cl. The van der Waals surface area contributed by atoms with E-state index in [1.54, 1.807) is 19.9 Å². The maximum atomic E-state index is 12.5. The van der Waals surface area contributed by atoms with Crippen molar-refractivity contribution in [2.45, 2.75) is 31.2 Å². The summed E-state index contributed by atoms with van der Waals surface area (Å²) in [5, 5.41) is 6.17. The van der Waals surface area contributed by atoms with Crippen molar-refractivity contribution < 1.29 is 17.9 Å². The Bertz CT molecular complexity index is 737. The van der Waals surface area contributed by atoms with Gasteiger partial charge in [-0.15, -0.1) is 12.4 Å². The molecule has 0 unspecified atom stereocenters. The maximum absolute atomic E-state index is 12.5. The second-order valence-electron chi connectivity index (χ2n) is 6.84. The summed E-state index contributed by atoms with van der Waals surface area (Å²) in [5.74, 6) is -0.0858. The Morgan fingerprint density at radius 3 is 2.57 bits per heavy atom. The van der Waals surface area contributed by atoms with E-state index in [1.165, 1.54) is 19.2 Å². The Morgan fingerprint density at radius 1 is 1.29 bits per heavy atom. The molecule has 1 aliphatic rings. The van der Waals surface area contributed by atoms with Crippen LogP contribution in [0, 0.1) is 0 Å². The predicted molar refractivity (Wildman–Crippen MR) is 112 cm³/mol. The monoisotopic (exact) mass is 434 g/mol. The Labute approximate surface area is 173 Å². The minimum absolute atomic E-state index is 0. The molecule has 10 heteroatoms. The average molecular weight is 435 g/mol. The number of carbonyl (C=O) groups excluding carboxylic acids is 1. The third-order valence-electron chi connectivity index (χ3n) is 4.25. The smallest absolute Gasteiger partial charge is 0.251 e. The number of piperazine rings is 1. The van der Waals surface area contributed by atoms with Gasteiger partial charge in [-0.25, -0.2) is 13.1 Å². The van der Waals surface area contributed by atoms with Gasteiger partial charge in [0.1, 0.15) is 10.6 Å². The molecule has 1 aliphatic heterocycles. The molecule has 0 spiro atoms. The summed E-state index contributed by atoms with van der Waals surface area (Å²) in [6.45, 7) is 8.99. The second kappa shape index (κ2) is 11.6. The van der Waals surface area contributed by atoms with Crippen LogP contribution in [0.2, 0.25) is 0 Å². The summed E-state index contributed by atoms with van der Waals surface area (Å²) < 4.78 is 32.7. The molecule has 1 heterocycles. The predicted octanol–water partition coefficient (Wildman–Crippen LogP) is 0.829. The van der Waals surface area contributed by atoms with Crippen LogP contribution < -0.4 is 20.1 Å². The molecule has 1 aromatic rings. The van der Waals surface area contributed by atoms with Crippen molar-refractivity contribution >= 4 is 28.3 Å². The quantitative estimate of drug-likeness (QED) is 0.498. The van der Waals surface area contributed by atoms with Crippen molar-refractivity contribution in [3.8, 4) is 5.75 Å². The number of methoxy groups -OCH3 is 1. The zero-order chi connectivity index (χ0) is 19.9. The highest BCUT2D eigenvalue weighted by molar-refractivity contribution is 7.89. The van der Waals surface area contributed by atoms with E-state index < -0.39 is 10.0 Å². The first-order valence-corrected chi connectivity index (χ1v) is 10.7. The molecule has 3 N–H and O–H groups in total. The summed E-state index contributed by atoms with van der Waals surface area (Å²) in [4.78, 5) is 14.7. The van der Waals surface area contributed by atoms with Gasteiger partial charge in [0.15, 0.2) is 0 Å². The Kier molecular flexibility index (Phi) is 10.2. The van der Waals surface area contributed by atoms with Crippen LogP contribution in [-0.4, -0.2) is 71.6 Å². The van der Waals surface area contributed by atoms with Crippen LogP contribution in [0.3, 0.4) is 0 Å². The Balaban J connectivity index is 0.00000392. The van der Waals surface area contributed by atoms with Crippen molar-refractivity contribution in [2.75, 3.05) is 46.4 Å². The third kappa shape index (κ3) is 7.21. The molecule has 0 radical (unpaired) electrons. The van der Waals surface area contributed by atoms with Gasteiger partial charge in [-0.05, 0) is 45.0 Å². The first kappa shape index (κ1) is 24.6. The van der Waals surface area contributed by atoms with E-state index in [9.17, 15) is 13.2 Å². The second-order valence-corrected chi connectivity index (χ2v) is 8.53. The number of ether oxygens (including phenoxy) is 1. The van der Waals surface area contributed by atoms with Crippen LogP contribution in [0.15, 0.2) is 23.1 Å². The standard InChI is InChI=1S/C18H30N4O4S.ClH/c1-14(2)21-27(24,25)17-13-15(5-6-16(17)26-3)18(23)20-7-4-10-22-11-8-19-9-12-22;/h5-6,13-14,19,21H,4,7-12H2,1-3H3,(H,20,23);1H. The summed E-state index contributed by atoms with van der Waals surface area (Å²) >= 11 is 0. The Hall–Kier alpha value is -1.39. The normalized spacial score (nSPS) is 15.1. The zero-order valence-electron chi connectivity index (χ0n) is 16.7. The van der Waals surface area contributed by atoms with E-state index in [0.29, 0.717) is 12.1 Å². The molecular weight excluding hydrogens is 404 g/mol. The van der Waals surface area contributed by atoms with Crippen molar-refractivity contribution in [3.05, 3.63) is 23.8 Å². The van der Waals surface area contributed by atoms with Crippen molar-refractivity contribution in [3.63, 3.8) is 0 Å². The van der Waals surface area contributed by atoms with E-state index in [-0.39, 0.29) is 35.0 Å². The number of nitrogens with one attached hydrogen (secondary N) is 3. The largest absolute Gasteiger partial charge is 0.495 e. The number of amides is 1. The van der Waals surface area contributed by atoms with Gasteiger partial charge in [-0.3, -0.25) is 4.79 Å². The van der Waals surface area contributed by atoms with Gasteiger partial charge in [0, 0.05) is 44.3 Å². The number of hydrogen-bond acceptors (Lipinski definition) is 6. The number of halogens is 1. The first-order chi connectivity index (χ1) is 12.8. The van der Waals surface area contributed by atoms with Gasteiger partial charge in [-0.2, -0.15) is 0 Å². The summed E-state index contributed by atoms with van der Waals surface area (Å²) in [5.41, 5.74) is 0.294. The minimum atomic E-state index is -3.77. The van der Waals surface area contributed by atoms with Crippen LogP contribution in [0.5, 0.6) is 5.75 Å².